The summed E-state index contributed by atoms with van der Waals surface area (Å²) in [6.45, 7) is 14.5. The SMILES string of the molecule is COC1(C)CC(O[C@H]2C(C)[C@@H](C)[C@]3(C)CC(C)C(O)[C@H](C)COC(=O)[C@@H]2C3)OC(C)C1O. The Morgan fingerprint density at radius 3 is 2.28 bits per heavy atom. The molecule has 2 N–H and O–H groups in total. The van der Waals surface area contributed by atoms with Gasteiger partial charge in [0.1, 0.15) is 6.10 Å². The second-order valence-electron chi connectivity index (χ2n) is 11.4. The average Bonchev–Trinajstić information content (AvgIpc) is 2.74. The number of rotatable bonds is 3. The van der Waals surface area contributed by atoms with Gasteiger partial charge in [-0.05, 0) is 49.9 Å². The molecule has 2 bridgehead atoms. The molecule has 3 rings (SSSR count). The van der Waals surface area contributed by atoms with Crippen LogP contribution in [0.15, 0.2) is 0 Å². The number of fused-ring (bicyclic) bond motifs is 2. The molecule has 7 nitrogen and oxygen atoms in total. The van der Waals surface area contributed by atoms with Crippen molar-refractivity contribution in [3.63, 3.8) is 0 Å². The molecule has 0 spiro atoms. The predicted octanol–water partition coefficient (Wildman–Crippen LogP) is 3.15. The summed E-state index contributed by atoms with van der Waals surface area (Å²) in [4.78, 5) is 13.2. The standard InChI is InChI=1S/C25H44O7/c1-13-9-24(6)10-18(23(28)30-12-14(2)20(13)26)21(15(3)16(24)4)32-19-11-25(7,29-8)22(27)17(5)31-19/h13-22,26-27H,9-12H2,1-8H3/t13?,14-,15?,16-,17?,18-,19?,20?,21+,22?,24-,25?/m1/s1. The summed E-state index contributed by atoms with van der Waals surface area (Å²) < 4.78 is 23.8. The van der Waals surface area contributed by atoms with E-state index in [0.717, 1.165) is 6.42 Å². The van der Waals surface area contributed by atoms with Crippen molar-refractivity contribution in [2.45, 2.75) is 104 Å². The lowest BCUT2D eigenvalue weighted by molar-refractivity contribution is -0.302. The Hall–Kier alpha value is -0.730. The quantitative estimate of drug-likeness (QED) is 0.630. The molecule has 12 atom stereocenters. The number of ether oxygens (including phenoxy) is 4. The topological polar surface area (TPSA) is 94.5 Å². The number of carbonyl (C=O) groups is 1. The molecule has 32 heavy (non-hydrogen) atoms. The van der Waals surface area contributed by atoms with E-state index in [1.807, 2.05) is 20.8 Å². The van der Waals surface area contributed by atoms with Crippen molar-refractivity contribution in [2.24, 2.45) is 35.0 Å². The molecule has 2 heterocycles. The summed E-state index contributed by atoms with van der Waals surface area (Å²) in [7, 11) is 1.59. The highest BCUT2D eigenvalue weighted by atomic mass is 16.7. The molecule has 2 saturated heterocycles. The van der Waals surface area contributed by atoms with Crippen LogP contribution >= 0.6 is 0 Å². The summed E-state index contributed by atoms with van der Waals surface area (Å²) in [6.07, 6.45) is -0.745. The molecule has 0 radical (unpaired) electrons. The lowest BCUT2D eigenvalue weighted by Crippen LogP contribution is -2.59. The first kappa shape index (κ1) is 25.9. The van der Waals surface area contributed by atoms with Crippen molar-refractivity contribution < 1.29 is 34.0 Å². The van der Waals surface area contributed by atoms with Crippen LogP contribution in [0.4, 0.5) is 0 Å². The number of methoxy groups -OCH3 is 1. The number of esters is 1. The van der Waals surface area contributed by atoms with Gasteiger partial charge in [0.2, 0.25) is 0 Å². The summed E-state index contributed by atoms with van der Waals surface area (Å²) >= 11 is 0. The Labute approximate surface area is 193 Å². The fourth-order valence-corrected chi connectivity index (χ4v) is 6.40. The van der Waals surface area contributed by atoms with E-state index in [1.165, 1.54) is 0 Å². The zero-order chi connectivity index (χ0) is 24.0. The summed E-state index contributed by atoms with van der Waals surface area (Å²) in [5.41, 5.74) is -0.892. The molecule has 1 aliphatic carbocycles. The van der Waals surface area contributed by atoms with Crippen molar-refractivity contribution >= 4 is 5.97 Å². The van der Waals surface area contributed by atoms with Crippen molar-refractivity contribution in [3.8, 4) is 0 Å². The highest BCUT2D eigenvalue weighted by Gasteiger charge is 2.54. The number of hydrogen-bond acceptors (Lipinski definition) is 7. The molecule has 0 aromatic rings. The number of aliphatic hydroxyl groups excluding tert-OH is 2. The summed E-state index contributed by atoms with van der Waals surface area (Å²) in [5.74, 6) is -0.290. The number of cyclic esters (lactones) is 1. The van der Waals surface area contributed by atoms with Gasteiger partial charge in [0.25, 0.3) is 0 Å². The molecular weight excluding hydrogens is 412 g/mol. The maximum absolute atomic E-state index is 13.2. The lowest BCUT2D eigenvalue weighted by Gasteiger charge is -2.53. The fourth-order valence-electron chi connectivity index (χ4n) is 6.40. The number of hydrogen-bond donors (Lipinski definition) is 2. The van der Waals surface area contributed by atoms with E-state index in [4.69, 9.17) is 18.9 Å². The second-order valence-corrected chi connectivity index (χ2v) is 11.4. The Morgan fingerprint density at radius 2 is 1.66 bits per heavy atom. The van der Waals surface area contributed by atoms with Crippen LogP contribution in [-0.4, -0.2) is 66.2 Å². The molecule has 0 amide bonds. The zero-order valence-electron chi connectivity index (χ0n) is 21.0. The van der Waals surface area contributed by atoms with Crippen LogP contribution in [0.25, 0.3) is 0 Å². The molecule has 3 aliphatic rings. The lowest BCUT2D eigenvalue weighted by atomic mass is 9.56. The van der Waals surface area contributed by atoms with Crippen LogP contribution in [0.5, 0.6) is 0 Å². The van der Waals surface area contributed by atoms with Gasteiger partial charge in [0.05, 0.1) is 36.4 Å². The first-order valence-corrected chi connectivity index (χ1v) is 12.2. The third-order valence-electron chi connectivity index (χ3n) is 9.02. The number of aliphatic hydroxyl groups is 2. The molecule has 0 aromatic heterocycles. The van der Waals surface area contributed by atoms with Gasteiger partial charge in [-0.25, -0.2) is 0 Å². The average molecular weight is 457 g/mol. The Morgan fingerprint density at radius 1 is 1.00 bits per heavy atom. The molecule has 1 saturated carbocycles. The van der Waals surface area contributed by atoms with E-state index < -0.39 is 36.1 Å². The normalized spacial score (nSPS) is 52.9. The largest absolute Gasteiger partial charge is 0.465 e. The highest BCUT2D eigenvalue weighted by Crippen LogP contribution is 2.52. The fraction of sp³-hybridized carbons (Fsp3) is 0.960. The van der Waals surface area contributed by atoms with Crippen molar-refractivity contribution in [3.05, 3.63) is 0 Å². The second kappa shape index (κ2) is 9.49. The third-order valence-corrected chi connectivity index (χ3v) is 9.02. The molecular formula is C25H44O7. The maximum Gasteiger partial charge on any atom is 0.311 e. The monoisotopic (exact) mass is 456 g/mol. The van der Waals surface area contributed by atoms with Crippen molar-refractivity contribution in [1.82, 2.24) is 0 Å². The molecule has 0 aromatic carbocycles. The maximum atomic E-state index is 13.2. The predicted molar refractivity (Wildman–Crippen MR) is 120 cm³/mol. The van der Waals surface area contributed by atoms with Crippen LogP contribution < -0.4 is 0 Å². The van der Waals surface area contributed by atoms with Gasteiger partial charge in [-0.1, -0.05) is 34.6 Å². The molecule has 186 valence electrons. The minimum Gasteiger partial charge on any atom is -0.465 e. The van der Waals surface area contributed by atoms with Crippen LogP contribution in [0.2, 0.25) is 0 Å². The smallest absolute Gasteiger partial charge is 0.311 e. The van der Waals surface area contributed by atoms with Gasteiger partial charge in [-0.15, -0.1) is 0 Å². The van der Waals surface area contributed by atoms with E-state index in [2.05, 4.69) is 27.7 Å². The van der Waals surface area contributed by atoms with Crippen molar-refractivity contribution in [2.75, 3.05) is 13.7 Å². The third kappa shape index (κ3) is 4.74. The minimum atomic E-state index is -0.780. The van der Waals surface area contributed by atoms with E-state index in [-0.39, 0.29) is 47.8 Å². The Bertz CT molecular complexity index is 671. The van der Waals surface area contributed by atoms with Gasteiger partial charge in [0, 0.05) is 19.4 Å². The highest BCUT2D eigenvalue weighted by molar-refractivity contribution is 5.73. The van der Waals surface area contributed by atoms with Gasteiger partial charge < -0.3 is 29.2 Å². The number of carbonyl (C=O) groups excluding carboxylic acids is 1. The molecule has 2 aliphatic heterocycles. The van der Waals surface area contributed by atoms with E-state index in [0.29, 0.717) is 12.8 Å². The van der Waals surface area contributed by atoms with Crippen LogP contribution in [0, 0.1) is 35.0 Å². The minimum absolute atomic E-state index is 0.0899. The molecule has 3 fully saturated rings. The zero-order valence-corrected chi connectivity index (χ0v) is 21.0. The van der Waals surface area contributed by atoms with E-state index >= 15 is 0 Å². The summed E-state index contributed by atoms with van der Waals surface area (Å²) in [6, 6.07) is 0. The summed E-state index contributed by atoms with van der Waals surface area (Å²) in [5, 5.41) is 21.3. The Balaban J connectivity index is 1.87. The van der Waals surface area contributed by atoms with E-state index in [9.17, 15) is 15.0 Å². The van der Waals surface area contributed by atoms with Gasteiger partial charge in [0.15, 0.2) is 6.29 Å². The Kier molecular flexibility index (Phi) is 7.68. The van der Waals surface area contributed by atoms with Gasteiger partial charge >= 0.3 is 5.97 Å². The van der Waals surface area contributed by atoms with Gasteiger partial charge in [-0.2, -0.15) is 0 Å². The first-order valence-electron chi connectivity index (χ1n) is 12.2. The van der Waals surface area contributed by atoms with Crippen molar-refractivity contribution in [1.29, 1.82) is 0 Å². The van der Waals surface area contributed by atoms with Gasteiger partial charge in [-0.3, -0.25) is 4.79 Å². The van der Waals surface area contributed by atoms with Crippen LogP contribution in [-0.2, 0) is 23.7 Å². The van der Waals surface area contributed by atoms with Crippen LogP contribution in [0.1, 0.15) is 67.7 Å². The molecule has 7 unspecified atom stereocenters. The molecule has 7 heteroatoms. The van der Waals surface area contributed by atoms with Crippen LogP contribution in [0.3, 0.4) is 0 Å². The first-order chi connectivity index (χ1) is 14.8. The van der Waals surface area contributed by atoms with E-state index in [1.54, 1.807) is 7.11 Å².